The highest BCUT2D eigenvalue weighted by Gasteiger charge is 2.14. The quantitative estimate of drug-likeness (QED) is 0.473. The number of alkyl carbamates (subject to hydrolysis) is 1. The zero-order valence-electron chi connectivity index (χ0n) is 12.4. The van der Waals surface area contributed by atoms with Crippen molar-refractivity contribution < 1.29 is 9.53 Å². The number of rotatable bonds is 4. The fourth-order valence-corrected chi connectivity index (χ4v) is 2.48. The molecule has 1 N–H and O–H groups in total. The van der Waals surface area contributed by atoms with Crippen LogP contribution in [0.1, 0.15) is 64.7 Å². The summed E-state index contributed by atoms with van der Waals surface area (Å²) in [7, 11) is 0. The molecule has 0 aliphatic heterocycles. The van der Waals surface area contributed by atoms with Crippen LogP contribution in [0.25, 0.3) is 10.4 Å². The van der Waals surface area contributed by atoms with Gasteiger partial charge in [0, 0.05) is 11.0 Å². The number of amides is 1. The molecule has 1 aliphatic carbocycles. The summed E-state index contributed by atoms with van der Waals surface area (Å²) in [6.45, 7) is 1.85. The minimum atomic E-state index is -0.396. The Bertz CT molecular complexity index is 319. The molecule has 0 spiro atoms. The number of azide groups is 1. The first-order valence-corrected chi connectivity index (χ1v) is 7.70. The molecule has 0 aromatic carbocycles. The van der Waals surface area contributed by atoms with Crippen molar-refractivity contribution in [3.05, 3.63) is 10.4 Å². The molecule has 0 bridgehead atoms. The van der Waals surface area contributed by atoms with E-state index in [1.807, 2.05) is 0 Å². The lowest BCUT2D eigenvalue weighted by Gasteiger charge is -2.20. The normalized spacial score (nSPS) is 19.4. The van der Waals surface area contributed by atoms with Gasteiger partial charge in [-0.05, 0) is 18.4 Å². The van der Waals surface area contributed by atoms with Crippen LogP contribution in [0.15, 0.2) is 5.11 Å². The number of hydrogen-bond donors (Lipinski definition) is 1. The first-order chi connectivity index (χ1) is 9.72. The molecule has 114 valence electrons. The Morgan fingerprint density at radius 2 is 1.80 bits per heavy atom. The first kappa shape index (κ1) is 16.6. The first-order valence-electron chi connectivity index (χ1n) is 7.70. The van der Waals surface area contributed by atoms with Crippen LogP contribution in [-0.2, 0) is 4.74 Å². The Balaban J connectivity index is 2.27. The second-order valence-corrected chi connectivity index (χ2v) is 5.55. The van der Waals surface area contributed by atoms with Crippen LogP contribution in [0.2, 0.25) is 0 Å². The molecule has 1 rings (SSSR count). The van der Waals surface area contributed by atoms with E-state index in [4.69, 9.17) is 10.3 Å². The molecule has 0 aromatic rings. The lowest BCUT2D eigenvalue weighted by Crippen LogP contribution is -2.36. The smallest absolute Gasteiger partial charge is 0.407 e. The summed E-state index contributed by atoms with van der Waals surface area (Å²) in [4.78, 5) is 14.4. The molecule has 1 unspecified atom stereocenters. The Kier molecular flexibility index (Phi) is 8.63. The molecule has 0 saturated heterocycles. The van der Waals surface area contributed by atoms with E-state index in [1.54, 1.807) is 6.92 Å². The second-order valence-electron chi connectivity index (χ2n) is 5.55. The lowest BCUT2D eigenvalue weighted by molar-refractivity contribution is 0.135. The molecule has 1 aliphatic rings. The maximum atomic E-state index is 11.7. The SMILES string of the molecule is CC(COC(=O)NC1CCCCCCCCC1)N=[N+]=[N-]. The number of hydrogen-bond acceptors (Lipinski definition) is 3. The van der Waals surface area contributed by atoms with Crippen LogP contribution in [-0.4, -0.2) is 24.8 Å². The Labute approximate surface area is 120 Å². The highest BCUT2D eigenvalue weighted by atomic mass is 16.5. The van der Waals surface area contributed by atoms with E-state index in [9.17, 15) is 4.79 Å². The zero-order valence-corrected chi connectivity index (χ0v) is 12.4. The van der Waals surface area contributed by atoms with Gasteiger partial charge in [-0.1, -0.05) is 57.0 Å². The van der Waals surface area contributed by atoms with Crippen LogP contribution in [0.5, 0.6) is 0 Å². The van der Waals surface area contributed by atoms with E-state index < -0.39 is 6.09 Å². The molecule has 20 heavy (non-hydrogen) atoms. The van der Waals surface area contributed by atoms with E-state index in [-0.39, 0.29) is 18.7 Å². The fourth-order valence-electron chi connectivity index (χ4n) is 2.48. The summed E-state index contributed by atoms with van der Waals surface area (Å²) in [6.07, 6.45) is 10.5. The fraction of sp³-hybridized carbons (Fsp3) is 0.929. The van der Waals surface area contributed by atoms with Gasteiger partial charge in [0.25, 0.3) is 0 Å². The van der Waals surface area contributed by atoms with Gasteiger partial charge in [-0.3, -0.25) is 0 Å². The van der Waals surface area contributed by atoms with E-state index >= 15 is 0 Å². The van der Waals surface area contributed by atoms with Gasteiger partial charge in [-0.25, -0.2) is 4.79 Å². The van der Waals surface area contributed by atoms with Crippen LogP contribution in [0.4, 0.5) is 4.79 Å². The molecule has 6 nitrogen and oxygen atoms in total. The van der Waals surface area contributed by atoms with E-state index in [1.165, 1.54) is 44.9 Å². The van der Waals surface area contributed by atoms with Gasteiger partial charge in [0.1, 0.15) is 6.61 Å². The molecule has 1 amide bonds. The predicted molar refractivity (Wildman–Crippen MR) is 78.4 cm³/mol. The standard InChI is InChI=1S/C14H26N4O2/c1-12(17-18-15)11-20-14(19)16-13-9-7-5-3-2-4-6-8-10-13/h12-13H,2-11H2,1H3,(H,16,19). The lowest BCUT2D eigenvalue weighted by atomic mass is 9.97. The molecular formula is C14H26N4O2. The van der Waals surface area contributed by atoms with Gasteiger partial charge < -0.3 is 10.1 Å². The molecule has 1 saturated carbocycles. The Morgan fingerprint density at radius 1 is 1.25 bits per heavy atom. The third-order valence-corrected chi connectivity index (χ3v) is 3.63. The van der Waals surface area contributed by atoms with E-state index in [2.05, 4.69) is 15.3 Å². The molecule has 6 heteroatoms. The number of carbonyl (C=O) groups is 1. The second kappa shape index (κ2) is 10.4. The minimum Gasteiger partial charge on any atom is -0.449 e. The Morgan fingerprint density at radius 3 is 2.35 bits per heavy atom. The summed E-state index contributed by atoms with van der Waals surface area (Å²) in [5, 5.41) is 6.41. The van der Waals surface area contributed by atoms with Gasteiger partial charge in [0.15, 0.2) is 0 Å². The van der Waals surface area contributed by atoms with E-state index in [0.29, 0.717) is 0 Å². The number of nitrogens with one attached hydrogen (secondary N) is 1. The van der Waals surface area contributed by atoms with E-state index in [0.717, 1.165) is 12.8 Å². The van der Waals surface area contributed by atoms with Crippen molar-refractivity contribution in [3.63, 3.8) is 0 Å². The van der Waals surface area contributed by atoms with Gasteiger partial charge in [-0.2, -0.15) is 0 Å². The maximum absolute atomic E-state index is 11.7. The average Bonchev–Trinajstić information content (AvgIpc) is 2.44. The number of carbonyl (C=O) groups excluding carboxylic acids is 1. The molecule has 0 radical (unpaired) electrons. The number of nitrogens with zero attached hydrogens (tertiary/aromatic N) is 3. The molecule has 1 fully saturated rings. The third kappa shape index (κ3) is 7.89. The largest absolute Gasteiger partial charge is 0.449 e. The maximum Gasteiger partial charge on any atom is 0.407 e. The number of ether oxygens (including phenoxy) is 1. The van der Waals surface area contributed by atoms with Crippen molar-refractivity contribution in [1.29, 1.82) is 0 Å². The summed E-state index contributed by atoms with van der Waals surface area (Å²) in [5.74, 6) is 0. The predicted octanol–water partition coefficient (Wildman–Crippen LogP) is 4.30. The van der Waals surface area contributed by atoms with Crippen molar-refractivity contribution in [2.24, 2.45) is 5.11 Å². The van der Waals surface area contributed by atoms with Crippen LogP contribution in [0.3, 0.4) is 0 Å². The van der Waals surface area contributed by atoms with Crippen molar-refractivity contribution in [1.82, 2.24) is 5.32 Å². The molecule has 0 aromatic heterocycles. The highest BCUT2D eigenvalue weighted by molar-refractivity contribution is 5.67. The highest BCUT2D eigenvalue weighted by Crippen LogP contribution is 2.17. The van der Waals surface area contributed by atoms with Gasteiger partial charge in [0.2, 0.25) is 0 Å². The van der Waals surface area contributed by atoms with Gasteiger partial charge in [-0.15, -0.1) is 0 Å². The summed E-state index contributed by atoms with van der Waals surface area (Å²) >= 11 is 0. The van der Waals surface area contributed by atoms with Gasteiger partial charge >= 0.3 is 6.09 Å². The monoisotopic (exact) mass is 282 g/mol. The van der Waals surface area contributed by atoms with Crippen LogP contribution < -0.4 is 5.32 Å². The summed E-state index contributed by atoms with van der Waals surface area (Å²) in [5.41, 5.74) is 8.27. The van der Waals surface area contributed by atoms with Crippen molar-refractivity contribution in [3.8, 4) is 0 Å². The van der Waals surface area contributed by atoms with Crippen molar-refractivity contribution >= 4 is 6.09 Å². The van der Waals surface area contributed by atoms with Crippen LogP contribution in [0, 0.1) is 0 Å². The third-order valence-electron chi connectivity index (χ3n) is 3.63. The Hall–Kier alpha value is -1.42. The summed E-state index contributed by atoms with van der Waals surface area (Å²) < 4.78 is 5.07. The molecule has 1 atom stereocenters. The average molecular weight is 282 g/mol. The zero-order chi connectivity index (χ0) is 14.6. The van der Waals surface area contributed by atoms with Crippen molar-refractivity contribution in [2.75, 3.05) is 6.61 Å². The van der Waals surface area contributed by atoms with Gasteiger partial charge in [0.05, 0.1) is 6.04 Å². The van der Waals surface area contributed by atoms with Crippen LogP contribution >= 0.6 is 0 Å². The van der Waals surface area contributed by atoms with Crippen molar-refractivity contribution in [2.45, 2.75) is 76.8 Å². The summed E-state index contributed by atoms with van der Waals surface area (Å²) in [6, 6.07) is -0.106. The molecular weight excluding hydrogens is 256 g/mol. The minimum absolute atomic E-state index is 0.128. The molecule has 0 heterocycles. The topological polar surface area (TPSA) is 87.1 Å².